The average Bonchev–Trinajstić information content (AvgIpc) is 3.09. The van der Waals surface area contributed by atoms with Gasteiger partial charge < -0.3 is 5.32 Å². The van der Waals surface area contributed by atoms with Crippen molar-refractivity contribution in [2.45, 2.75) is 38.8 Å². The molecule has 0 radical (unpaired) electrons. The summed E-state index contributed by atoms with van der Waals surface area (Å²) < 4.78 is 0. The molecule has 0 spiro atoms. The van der Waals surface area contributed by atoms with Gasteiger partial charge in [-0.2, -0.15) is 0 Å². The van der Waals surface area contributed by atoms with Crippen LogP contribution < -0.4 is 5.32 Å². The molecule has 0 bridgehead atoms. The molecule has 1 N–H and O–H groups in total. The Morgan fingerprint density at radius 1 is 1.44 bits per heavy atom. The van der Waals surface area contributed by atoms with Crippen LogP contribution in [-0.4, -0.2) is 36.6 Å². The predicted molar refractivity (Wildman–Crippen MR) is 69.7 cm³/mol. The zero-order valence-corrected chi connectivity index (χ0v) is 11.1. The fourth-order valence-electron chi connectivity index (χ4n) is 2.63. The maximum absolute atomic E-state index is 5.64. The number of nitrogens with one attached hydrogen (secondary N) is 1. The molecule has 0 aromatic carbocycles. The van der Waals surface area contributed by atoms with Crippen molar-refractivity contribution in [2.24, 2.45) is 11.8 Å². The van der Waals surface area contributed by atoms with Crippen molar-refractivity contribution in [1.29, 1.82) is 0 Å². The van der Waals surface area contributed by atoms with Gasteiger partial charge in [0.15, 0.2) is 0 Å². The van der Waals surface area contributed by atoms with Crippen LogP contribution in [0.25, 0.3) is 0 Å². The lowest BCUT2D eigenvalue weighted by Crippen LogP contribution is -2.58. The van der Waals surface area contributed by atoms with Crippen LogP contribution in [0.15, 0.2) is 11.6 Å². The molecule has 1 aliphatic heterocycles. The highest BCUT2D eigenvalue weighted by Crippen LogP contribution is 2.36. The number of hydrogen-bond donors (Lipinski definition) is 1. The summed E-state index contributed by atoms with van der Waals surface area (Å²) in [6, 6.07) is 1.38. The van der Waals surface area contributed by atoms with E-state index in [-0.39, 0.29) is 0 Å². The van der Waals surface area contributed by atoms with E-state index in [2.05, 4.69) is 30.1 Å². The lowest BCUT2D eigenvalue weighted by Gasteiger charge is -2.41. The average molecular weight is 243 g/mol. The summed E-state index contributed by atoms with van der Waals surface area (Å²) in [6.07, 6.45) is 4.90. The van der Waals surface area contributed by atoms with E-state index in [0.717, 1.165) is 25.0 Å². The molecule has 2 fully saturated rings. The third-order valence-corrected chi connectivity index (χ3v) is 4.07. The van der Waals surface area contributed by atoms with Crippen molar-refractivity contribution in [1.82, 2.24) is 10.2 Å². The Labute approximate surface area is 104 Å². The predicted octanol–water partition coefficient (Wildman–Crippen LogP) is 2.45. The molecule has 0 aromatic rings. The summed E-state index contributed by atoms with van der Waals surface area (Å²) in [5.41, 5.74) is 1.65. The Hall–Kier alpha value is -0.0500. The molecule has 2 aliphatic rings. The molecule has 2 nitrogen and oxygen atoms in total. The summed E-state index contributed by atoms with van der Waals surface area (Å²) in [7, 11) is 0. The van der Waals surface area contributed by atoms with Gasteiger partial charge in [-0.15, -0.1) is 0 Å². The third kappa shape index (κ3) is 2.99. The van der Waals surface area contributed by atoms with E-state index < -0.39 is 0 Å². The molecule has 2 atom stereocenters. The first kappa shape index (κ1) is 12.4. The van der Waals surface area contributed by atoms with E-state index in [0.29, 0.717) is 12.0 Å². The summed E-state index contributed by atoms with van der Waals surface area (Å²) in [6.45, 7) is 7.93. The van der Waals surface area contributed by atoms with Crippen molar-refractivity contribution >= 4 is 11.6 Å². The Morgan fingerprint density at radius 2 is 2.19 bits per heavy atom. The zero-order valence-electron chi connectivity index (χ0n) is 10.3. The van der Waals surface area contributed by atoms with Gasteiger partial charge in [0.2, 0.25) is 0 Å². The van der Waals surface area contributed by atoms with Crippen molar-refractivity contribution in [3.05, 3.63) is 11.6 Å². The van der Waals surface area contributed by atoms with Crippen LogP contribution >= 0.6 is 11.6 Å². The lowest BCUT2D eigenvalue weighted by molar-refractivity contribution is 0.112. The Morgan fingerprint density at radius 3 is 2.75 bits per heavy atom. The fourth-order valence-corrected chi connectivity index (χ4v) is 2.71. The second-order valence-electron chi connectivity index (χ2n) is 5.48. The van der Waals surface area contributed by atoms with E-state index >= 15 is 0 Å². The van der Waals surface area contributed by atoms with Gasteiger partial charge in [-0.3, -0.25) is 4.90 Å². The van der Waals surface area contributed by atoms with Crippen LogP contribution in [0.4, 0.5) is 0 Å². The Kier molecular flexibility index (Phi) is 4.28. The summed E-state index contributed by atoms with van der Waals surface area (Å²) >= 11 is 5.64. The second kappa shape index (κ2) is 5.52. The molecule has 1 saturated heterocycles. The Bertz CT molecular complexity index is 248. The molecule has 2 rings (SSSR count). The first-order valence-corrected chi connectivity index (χ1v) is 6.88. The van der Waals surface area contributed by atoms with Crippen LogP contribution in [0.2, 0.25) is 0 Å². The minimum absolute atomic E-state index is 0.638. The summed E-state index contributed by atoms with van der Waals surface area (Å²) in [5.74, 6) is 1.65. The molecule has 3 heteroatoms. The fraction of sp³-hybridized carbons (Fsp3) is 0.846. The van der Waals surface area contributed by atoms with Crippen LogP contribution in [0.3, 0.4) is 0 Å². The van der Waals surface area contributed by atoms with E-state index in [4.69, 9.17) is 11.6 Å². The number of halogens is 1. The second-order valence-corrected chi connectivity index (χ2v) is 5.73. The Balaban J connectivity index is 1.94. The van der Waals surface area contributed by atoms with E-state index in [1.54, 1.807) is 5.54 Å². The largest absolute Gasteiger partial charge is 0.311 e. The van der Waals surface area contributed by atoms with Gasteiger partial charge in [0.05, 0.1) is 0 Å². The van der Waals surface area contributed by atoms with Gasteiger partial charge in [0.1, 0.15) is 0 Å². The van der Waals surface area contributed by atoms with Crippen molar-refractivity contribution in [2.75, 3.05) is 19.6 Å². The maximum Gasteiger partial charge on any atom is 0.0252 e. The zero-order chi connectivity index (χ0) is 11.5. The minimum atomic E-state index is 0.638. The molecule has 92 valence electrons. The molecule has 1 heterocycles. The topological polar surface area (TPSA) is 15.3 Å². The number of hydrogen-bond acceptors (Lipinski definition) is 2. The molecular formula is C13H23ClN2. The first-order valence-electron chi connectivity index (χ1n) is 6.45. The first-order chi connectivity index (χ1) is 7.72. The molecule has 0 aromatic heterocycles. The van der Waals surface area contributed by atoms with Gasteiger partial charge >= 0.3 is 0 Å². The van der Waals surface area contributed by atoms with Gasteiger partial charge in [-0.1, -0.05) is 31.5 Å². The van der Waals surface area contributed by atoms with Gasteiger partial charge in [-0.05, 0) is 24.7 Å². The molecule has 16 heavy (non-hydrogen) atoms. The third-order valence-electron chi connectivity index (χ3n) is 3.89. The highest BCUT2D eigenvalue weighted by molar-refractivity contribution is 6.25. The number of piperazine rings is 1. The van der Waals surface area contributed by atoms with Crippen LogP contribution in [0, 0.1) is 11.8 Å². The van der Waals surface area contributed by atoms with E-state index in [1.807, 2.05) is 0 Å². The number of rotatable bonds is 4. The summed E-state index contributed by atoms with van der Waals surface area (Å²) in [4.78, 5) is 2.61. The van der Waals surface area contributed by atoms with Crippen molar-refractivity contribution < 1.29 is 0 Å². The molecule has 1 saturated carbocycles. The van der Waals surface area contributed by atoms with Crippen LogP contribution in [0.5, 0.6) is 0 Å². The number of nitrogens with zero attached hydrogens (tertiary/aromatic N) is 1. The van der Waals surface area contributed by atoms with Gasteiger partial charge in [-0.25, -0.2) is 0 Å². The van der Waals surface area contributed by atoms with E-state index in [9.17, 15) is 0 Å². The monoisotopic (exact) mass is 242 g/mol. The SMILES string of the molecule is CC(C)C1CN(C/C=C/Cl)C(C2CC2)CN1. The smallest absolute Gasteiger partial charge is 0.0252 e. The lowest BCUT2D eigenvalue weighted by atomic mass is 9.97. The van der Waals surface area contributed by atoms with E-state index in [1.165, 1.54) is 19.4 Å². The highest BCUT2D eigenvalue weighted by Gasteiger charge is 2.38. The highest BCUT2D eigenvalue weighted by atomic mass is 35.5. The van der Waals surface area contributed by atoms with Gasteiger partial charge in [0, 0.05) is 37.3 Å². The maximum atomic E-state index is 5.64. The molecule has 1 aliphatic carbocycles. The van der Waals surface area contributed by atoms with Gasteiger partial charge in [0.25, 0.3) is 0 Å². The van der Waals surface area contributed by atoms with Crippen LogP contribution in [-0.2, 0) is 0 Å². The minimum Gasteiger partial charge on any atom is -0.311 e. The summed E-state index contributed by atoms with van der Waals surface area (Å²) in [5, 5.41) is 3.70. The standard InChI is InChI=1S/C13H23ClN2/c1-10(2)12-9-16(7-3-6-14)13(8-15-12)11-4-5-11/h3,6,10-13,15H,4-5,7-9H2,1-2H3/b6-3+. The molecule has 2 unspecified atom stereocenters. The molecule has 0 amide bonds. The molecular weight excluding hydrogens is 220 g/mol. The quantitative estimate of drug-likeness (QED) is 0.815. The van der Waals surface area contributed by atoms with Crippen molar-refractivity contribution in [3.63, 3.8) is 0 Å². The van der Waals surface area contributed by atoms with Crippen molar-refractivity contribution in [3.8, 4) is 0 Å². The normalized spacial score (nSPS) is 32.8. The van der Waals surface area contributed by atoms with Crippen LogP contribution in [0.1, 0.15) is 26.7 Å².